The van der Waals surface area contributed by atoms with Crippen molar-refractivity contribution in [3.8, 4) is 23.0 Å². The van der Waals surface area contributed by atoms with E-state index < -0.39 is 24.2 Å². The summed E-state index contributed by atoms with van der Waals surface area (Å²) in [7, 11) is 6.05. The first-order valence-electron chi connectivity index (χ1n) is 12.8. The maximum atomic E-state index is 14.2. The molecule has 1 amide bonds. The zero-order valence-electron chi connectivity index (χ0n) is 22.8. The van der Waals surface area contributed by atoms with Gasteiger partial charge in [0.2, 0.25) is 0 Å². The maximum absolute atomic E-state index is 14.2. The standard InChI is InChI=1S/C28H31F3N4O5/c1-15-18-12-24(40-5)23(39-4)10-16(18)8-9-34(15)27(36)19-14-32-35-25(28(29,30)31)13-20(33-26(19)35)17-6-7-21(37-2)22(11-17)38-3/h6-7,10-12,14-15,20,25,33H,8-9,13H2,1-5H3/t15-,20-,25+/m0/s1. The fourth-order valence-corrected chi connectivity index (χ4v) is 5.58. The molecule has 2 aromatic carbocycles. The number of anilines is 1. The fourth-order valence-electron chi connectivity index (χ4n) is 5.58. The second-order valence-corrected chi connectivity index (χ2v) is 9.79. The Labute approximate surface area is 229 Å². The summed E-state index contributed by atoms with van der Waals surface area (Å²) in [5.74, 6) is 1.62. The van der Waals surface area contributed by atoms with E-state index in [4.69, 9.17) is 18.9 Å². The Hall–Kier alpha value is -4.09. The van der Waals surface area contributed by atoms with Crippen LogP contribution in [0.5, 0.6) is 23.0 Å². The van der Waals surface area contributed by atoms with Gasteiger partial charge in [0.25, 0.3) is 5.91 Å². The summed E-state index contributed by atoms with van der Waals surface area (Å²) < 4.78 is 65.1. The number of alkyl halides is 3. The van der Waals surface area contributed by atoms with Crippen LogP contribution in [0.3, 0.4) is 0 Å². The number of fused-ring (bicyclic) bond motifs is 2. The van der Waals surface area contributed by atoms with Gasteiger partial charge >= 0.3 is 6.18 Å². The van der Waals surface area contributed by atoms with Crippen LogP contribution in [-0.4, -0.2) is 61.7 Å². The summed E-state index contributed by atoms with van der Waals surface area (Å²) >= 11 is 0. The van der Waals surface area contributed by atoms with Crippen molar-refractivity contribution in [3.63, 3.8) is 0 Å². The number of nitrogens with one attached hydrogen (secondary N) is 1. The number of benzene rings is 2. The quantitative estimate of drug-likeness (QED) is 0.436. The van der Waals surface area contributed by atoms with Gasteiger partial charge in [0.1, 0.15) is 11.4 Å². The summed E-state index contributed by atoms with van der Waals surface area (Å²) in [4.78, 5) is 15.5. The Kier molecular flexibility index (Phi) is 7.19. The highest BCUT2D eigenvalue weighted by Crippen LogP contribution is 2.46. The normalized spacial score (nSPS) is 20.2. The number of halogens is 3. The van der Waals surface area contributed by atoms with Crippen molar-refractivity contribution in [2.75, 3.05) is 40.3 Å². The molecule has 0 fully saturated rings. The molecule has 2 aliphatic heterocycles. The second-order valence-electron chi connectivity index (χ2n) is 9.79. The van der Waals surface area contributed by atoms with Crippen molar-refractivity contribution in [2.24, 2.45) is 0 Å². The number of carbonyl (C=O) groups is 1. The minimum absolute atomic E-state index is 0.0312. The van der Waals surface area contributed by atoms with E-state index in [0.29, 0.717) is 41.5 Å². The Morgan fingerprint density at radius 3 is 2.27 bits per heavy atom. The van der Waals surface area contributed by atoms with Gasteiger partial charge in [0, 0.05) is 13.0 Å². The highest BCUT2D eigenvalue weighted by atomic mass is 19.4. The Morgan fingerprint density at radius 1 is 0.975 bits per heavy atom. The average molecular weight is 561 g/mol. The maximum Gasteiger partial charge on any atom is 0.410 e. The molecule has 40 heavy (non-hydrogen) atoms. The minimum Gasteiger partial charge on any atom is -0.493 e. The van der Waals surface area contributed by atoms with Crippen LogP contribution < -0.4 is 24.3 Å². The predicted molar refractivity (Wildman–Crippen MR) is 141 cm³/mol. The van der Waals surface area contributed by atoms with Gasteiger partial charge in [-0.15, -0.1) is 0 Å². The van der Waals surface area contributed by atoms with Crippen molar-refractivity contribution < 1.29 is 36.9 Å². The highest BCUT2D eigenvalue weighted by Gasteiger charge is 2.48. The van der Waals surface area contributed by atoms with Crippen LogP contribution in [0.1, 0.15) is 58.5 Å². The Bertz CT molecular complexity index is 1420. The third-order valence-electron chi connectivity index (χ3n) is 7.72. The Morgan fingerprint density at radius 2 is 1.62 bits per heavy atom. The molecule has 1 aromatic heterocycles. The lowest BCUT2D eigenvalue weighted by Crippen LogP contribution is -2.40. The molecule has 214 valence electrons. The molecule has 12 heteroatoms. The van der Waals surface area contributed by atoms with Crippen LogP contribution in [0.25, 0.3) is 0 Å². The van der Waals surface area contributed by atoms with E-state index in [-0.39, 0.29) is 23.8 Å². The van der Waals surface area contributed by atoms with E-state index in [0.717, 1.165) is 15.8 Å². The molecular weight excluding hydrogens is 529 g/mol. The van der Waals surface area contributed by atoms with Crippen molar-refractivity contribution in [1.29, 1.82) is 0 Å². The van der Waals surface area contributed by atoms with Gasteiger partial charge in [-0.1, -0.05) is 6.07 Å². The van der Waals surface area contributed by atoms with Crippen LogP contribution >= 0.6 is 0 Å². The van der Waals surface area contributed by atoms with Crippen LogP contribution in [0.15, 0.2) is 36.5 Å². The summed E-state index contributed by atoms with van der Waals surface area (Å²) in [5.41, 5.74) is 2.56. The molecule has 5 rings (SSSR count). The number of hydrogen-bond acceptors (Lipinski definition) is 7. The first-order valence-corrected chi connectivity index (χ1v) is 12.8. The number of hydrogen-bond donors (Lipinski definition) is 1. The summed E-state index contributed by atoms with van der Waals surface area (Å²) in [6.45, 7) is 2.27. The van der Waals surface area contributed by atoms with Gasteiger partial charge in [-0.25, -0.2) is 4.68 Å². The van der Waals surface area contributed by atoms with E-state index in [2.05, 4.69) is 10.4 Å². The lowest BCUT2D eigenvalue weighted by Gasteiger charge is -2.37. The molecule has 0 radical (unpaired) electrons. The molecule has 0 unspecified atom stereocenters. The van der Waals surface area contributed by atoms with Crippen molar-refractivity contribution >= 4 is 11.7 Å². The van der Waals surface area contributed by atoms with E-state index in [1.165, 1.54) is 27.5 Å². The molecule has 0 spiro atoms. The molecule has 9 nitrogen and oxygen atoms in total. The number of aromatic nitrogens is 2. The number of nitrogens with zero attached hydrogens (tertiary/aromatic N) is 3. The number of ether oxygens (including phenoxy) is 4. The predicted octanol–water partition coefficient (Wildman–Crippen LogP) is 5.34. The molecule has 0 bridgehead atoms. The molecule has 3 heterocycles. The summed E-state index contributed by atoms with van der Waals surface area (Å²) in [5, 5.41) is 7.19. The van der Waals surface area contributed by atoms with Crippen LogP contribution in [0, 0.1) is 0 Å². The first-order chi connectivity index (χ1) is 19.1. The summed E-state index contributed by atoms with van der Waals surface area (Å²) in [6, 6.07) is 5.70. The summed E-state index contributed by atoms with van der Waals surface area (Å²) in [6.07, 6.45) is -3.11. The van der Waals surface area contributed by atoms with Gasteiger partial charge in [-0.05, 0) is 54.3 Å². The second kappa shape index (κ2) is 10.5. The smallest absolute Gasteiger partial charge is 0.410 e. The number of carbonyl (C=O) groups excluding carboxylic acids is 1. The van der Waals surface area contributed by atoms with E-state index in [1.54, 1.807) is 30.2 Å². The van der Waals surface area contributed by atoms with E-state index in [1.807, 2.05) is 19.1 Å². The minimum atomic E-state index is -4.58. The molecule has 0 saturated heterocycles. The zero-order chi connectivity index (χ0) is 28.8. The molecule has 3 atom stereocenters. The van der Waals surface area contributed by atoms with Crippen molar-refractivity contribution in [1.82, 2.24) is 14.7 Å². The average Bonchev–Trinajstić information content (AvgIpc) is 3.39. The van der Waals surface area contributed by atoms with E-state index >= 15 is 0 Å². The molecule has 1 N–H and O–H groups in total. The van der Waals surface area contributed by atoms with Crippen LogP contribution in [-0.2, 0) is 6.42 Å². The molecule has 0 saturated carbocycles. The lowest BCUT2D eigenvalue weighted by atomic mass is 9.92. The van der Waals surface area contributed by atoms with Gasteiger partial charge in [0.05, 0.1) is 46.7 Å². The zero-order valence-corrected chi connectivity index (χ0v) is 22.8. The SMILES string of the molecule is COc1ccc([C@@H]2C[C@H](C(F)(F)F)n3ncc(C(=O)N4CCc5cc(OC)c(OC)cc5[C@@H]4C)c3N2)cc1OC. The van der Waals surface area contributed by atoms with Gasteiger partial charge in [-0.3, -0.25) is 4.79 Å². The molecule has 3 aromatic rings. The Balaban J connectivity index is 1.50. The molecular formula is C28H31F3N4O5. The lowest BCUT2D eigenvalue weighted by molar-refractivity contribution is -0.173. The van der Waals surface area contributed by atoms with Crippen molar-refractivity contribution in [2.45, 2.75) is 44.1 Å². The third-order valence-corrected chi connectivity index (χ3v) is 7.72. The van der Waals surface area contributed by atoms with Crippen LogP contribution in [0.4, 0.5) is 19.0 Å². The number of rotatable bonds is 6. The van der Waals surface area contributed by atoms with Crippen molar-refractivity contribution in [3.05, 3.63) is 58.8 Å². The van der Waals surface area contributed by atoms with Crippen LogP contribution in [0.2, 0.25) is 0 Å². The third kappa shape index (κ3) is 4.65. The monoisotopic (exact) mass is 560 g/mol. The van der Waals surface area contributed by atoms with Gasteiger partial charge in [-0.2, -0.15) is 18.3 Å². The topological polar surface area (TPSA) is 87.1 Å². The number of methoxy groups -OCH3 is 4. The number of amides is 1. The van der Waals surface area contributed by atoms with E-state index in [9.17, 15) is 18.0 Å². The van der Waals surface area contributed by atoms with Gasteiger partial charge < -0.3 is 29.2 Å². The molecule has 0 aliphatic carbocycles. The van der Waals surface area contributed by atoms with Gasteiger partial charge in [0.15, 0.2) is 29.0 Å². The highest BCUT2D eigenvalue weighted by molar-refractivity contribution is 5.99. The largest absolute Gasteiger partial charge is 0.493 e. The fraction of sp³-hybridized carbons (Fsp3) is 0.429. The molecule has 2 aliphatic rings. The first kappa shape index (κ1) is 27.5.